The average Bonchev–Trinajstić information content (AvgIpc) is 2.74. The van der Waals surface area contributed by atoms with E-state index in [1.807, 2.05) is 7.11 Å². The predicted molar refractivity (Wildman–Crippen MR) is 83.2 cm³/mol. The van der Waals surface area contributed by atoms with Gasteiger partial charge >= 0.3 is 0 Å². The quantitative estimate of drug-likeness (QED) is 0.451. The molecule has 0 bridgehead atoms. The molecule has 0 saturated heterocycles. The molecule has 4 nitrogen and oxygen atoms in total. The maximum atomic E-state index is 5.47. The third-order valence-electron chi connectivity index (χ3n) is 3.06. The van der Waals surface area contributed by atoms with Crippen molar-refractivity contribution in [3.05, 3.63) is 0 Å². The number of aliphatic imine (C=N–C) groups is 1. The molecule has 1 saturated carbocycles. The minimum atomic E-state index is 0. The fourth-order valence-electron chi connectivity index (χ4n) is 2.24. The van der Waals surface area contributed by atoms with Crippen molar-refractivity contribution in [1.29, 1.82) is 0 Å². The van der Waals surface area contributed by atoms with Gasteiger partial charge in [-0.3, -0.25) is 4.99 Å². The van der Waals surface area contributed by atoms with Gasteiger partial charge in [-0.1, -0.05) is 6.42 Å². The molecule has 5 heteroatoms. The zero-order valence-corrected chi connectivity index (χ0v) is 13.5. The molecule has 0 radical (unpaired) electrons. The Morgan fingerprint density at radius 1 is 1.24 bits per heavy atom. The Kier molecular flexibility index (Phi) is 9.91. The van der Waals surface area contributed by atoms with Gasteiger partial charge < -0.3 is 15.4 Å². The molecule has 0 amide bonds. The molecule has 1 rings (SSSR count). The van der Waals surface area contributed by atoms with Crippen molar-refractivity contribution in [3.63, 3.8) is 0 Å². The summed E-state index contributed by atoms with van der Waals surface area (Å²) in [6, 6.07) is 0. The average molecular weight is 355 g/mol. The van der Waals surface area contributed by atoms with Gasteiger partial charge in [-0.25, -0.2) is 0 Å². The second kappa shape index (κ2) is 9.94. The SMILES string of the molecule is CCNC(=NCC1CCCC1OC)NCC.I. The molecule has 0 aromatic rings. The number of nitrogens with zero attached hydrogens (tertiary/aromatic N) is 1. The second-order valence-electron chi connectivity index (χ2n) is 4.22. The monoisotopic (exact) mass is 355 g/mol. The first-order valence-electron chi connectivity index (χ1n) is 6.36. The molecule has 2 unspecified atom stereocenters. The molecule has 0 aliphatic heterocycles. The van der Waals surface area contributed by atoms with Crippen LogP contribution in [-0.4, -0.2) is 38.8 Å². The van der Waals surface area contributed by atoms with Crippen LogP contribution in [0.15, 0.2) is 4.99 Å². The minimum absolute atomic E-state index is 0. The van der Waals surface area contributed by atoms with Crippen LogP contribution in [0, 0.1) is 5.92 Å². The van der Waals surface area contributed by atoms with Gasteiger partial charge in [0.05, 0.1) is 6.10 Å². The lowest BCUT2D eigenvalue weighted by molar-refractivity contribution is 0.0742. The Bertz CT molecular complexity index is 216. The molecule has 102 valence electrons. The minimum Gasteiger partial charge on any atom is -0.381 e. The van der Waals surface area contributed by atoms with Crippen LogP contribution in [-0.2, 0) is 4.74 Å². The Hall–Kier alpha value is -0.0400. The molecular formula is C12H26IN3O. The Morgan fingerprint density at radius 3 is 2.41 bits per heavy atom. The second-order valence-corrected chi connectivity index (χ2v) is 4.22. The number of hydrogen-bond donors (Lipinski definition) is 2. The predicted octanol–water partition coefficient (Wildman–Crippen LogP) is 1.99. The van der Waals surface area contributed by atoms with Crippen LogP contribution in [0.4, 0.5) is 0 Å². The van der Waals surface area contributed by atoms with Crippen LogP contribution in [0.5, 0.6) is 0 Å². The van der Waals surface area contributed by atoms with E-state index in [1.165, 1.54) is 19.3 Å². The molecule has 17 heavy (non-hydrogen) atoms. The van der Waals surface area contributed by atoms with Crippen LogP contribution in [0.3, 0.4) is 0 Å². The van der Waals surface area contributed by atoms with E-state index in [1.54, 1.807) is 0 Å². The first kappa shape index (κ1) is 17.0. The number of nitrogens with one attached hydrogen (secondary N) is 2. The summed E-state index contributed by atoms with van der Waals surface area (Å²) in [6.45, 7) is 6.85. The molecule has 1 aliphatic carbocycles. The summed E-state index contributed by atoms with van der Waals surface area (Å²) >= 11 is 0. The van der Waals surface area contributed by atoms with Crippen LogP contribution in [0.1, 0.15) is 33.1 Å². The van der Waals surface area contributed by atoms with Crippen LogP contribution < -0.4 is 10.6 Å². The third kappa shape index (κ3) is 5.90. The first-order chi connectivity index (χ1) is 7.81. The lowest BCUT2D eigenvalue weighted by Crippen LogP contribution is -2.37. The van der Waals surface area contributed by atoms with Gasteiger partial charge in [0, 0.05) is 32.7 Å². The van der Waals surface area contributed by atoms with Crippen molar-refractivity contribution in [2.75, 3.05) is 26.7 Å². The Morgan fingerprint density at radius 2 is 1.88 bits per heavy atom. The number of rotatable bonds is 5. The topological polar surface area (TPSA) is 45.7 Å². The van der Waals surface area contributed by atoms with E-state index in [4.69, 9.17) is 4.74 Å². The third-order valence-corrected chi connectivity index (χ3v) is 3.06. The van der Waals surface area contributed by atoms with Crippen LogP contribution >= 0.6 is 24.0 Å². The van der Waals surface area contributed by atoms with Crippen molar-refractivity contribution in [1.82, 2.24) is 10.6 Å². The number of ether oxygens (including phenoxy) is 1. The summed E-state index contributed by atoms with van der Waals surface area (Å²) in [4.78, 5) is 4.60. The number of guanidine groups is 1. The fraction of sp³-hybridized carbons (Fsp3) is 0.917. The van der Waals surface area contributed by atoms with Crippen molar-refractivity contribution in [2.24, 2.45) is 10.9 Å². The molecule has 0 aromatic carbocycles. The molecule has 0 heterocycles. The van der Waals surface area contributed by atoms with Crippen LogP contribution in [0.2, 0.25) is 0 Å². The lowest BCUT2D eigenvalue weighted by Gasteiger charge is -2.17. The molecule has 0 aromatic heterocycles. The highest BCUT2D eigenvalue weighted by Gasteiger charge is 2.26. The van der Waals surface area contributed by atoms with Crippen molar-refractivity contribution in [2.45, 2.75) is 39.2 Å². The van der Waals surface area contributed by atoms with E-state index in [9.17, 15) is 0 Å². The van der Waals surface area contributed by atoms with Gasteiger partial charge in [-0.2, -0.15) is 0 Å². The van der Waals surface area contributed by atoms with Gasteiger partial charge in [0.25, 0.3) is 0 Å². The maximum Gasteiger partial charge on any atom is 0.191 e. The highest BCUT2D eigenvalue weighted by atomic mass is 127. The summed E-state index contributed by atoms with van der Waals surface area (Å²) in [5.74, 6) is 1.52. The summed E-state index contributed by atoms with van der Waals surface area (Å²) in [7, 11) is 1.81. The molecular weight excluding hydrogens is 329 g/mol. The summed E-state index contributed by atoms with van der Waals surface area (Å²) in [6.07, 6.45) is 4.12. The number of methoxy groups -OCH3 is 1. The van der Waals surface area contributed by atoms with Crippen molar-refractivity contribution >= 4 is 29.9 Å². The largest absolute Gasteiger partial charge is 0.381 e. The van der Waals surface area contributed by atoms with Gasteiger partial charge in [0.1, 0.15) is 0 Å². The Labute approximate surface area is 122 Å². The zero-order chi connectivity index (χ0) is 11.8. The Balaban J connectivity index is 0.00000256. The number of halogens is 1. The van der Waals surface area contributed by atoms with E-state index in [-0.39, 0.29) is 24.0 Å². The van der Waals surface area contributed by atoms with E-state index >= 15 is 0 Å². The van der Waals surface area contributed by atoms with Gasteiger partial charge in [-0.15, -0.1) is 24.0 Å². The van der Waals surface area contributed by atoms with E-state index in [0.717, 1.165) is 25.6 Å². The first-order valence-corrected chi connectivity index (χ1v) is 6.36. The van der Waals surface area contributed by atoms with Gasteiger partial charge in [0.2, 0.25) is 0 Å². The summed E-state index contributed by atoms with van der Waals surface area (Å²) < 4.78 is 5.47. The normalized spacial score (nSPS) is 22.8. The molecule has 2 N–H and O–H groups in total. The van der Waals surface area contributed by atoms with Crippen molar-refractivity contribution < 1.29 is 4.74 Å². The zero-order valence-electron chi connectivity index (χ0n) is 11.2. The summed E-state index contributed by atoms with van der Waals surface area (Å²) in [5.41, 5.74) is 0. The van der Waals surface area contributed by atoms with Gasteiger partial charge in [-0.05, 0) is 26.7 Å². The number of hydrogen-bond acceptors (Lipinski definition) is 2. The van der Waals surface area contributed by atoms with Gasteiger partial charge in [0.15, 0.2) is 5.96 Å². The van der Waals surface area contributed by atoms with Crippen molar-refractivity contribution in [3.8, 4) is 0 Å². The van der Waals surface area contributed by atoms with Crippen LogP contribution in [0.25, 0.3) is 0 Å². The lowest BCUT2D eigenvalue weighted by atomic mass is 10.1. The molecule has 2 atom stereocenters. The van der Waals surface area contributed by atoms with E-state index < -0.39 is 0 Å². The summed E-state index contributed by atoms with van der Waals surface area (Å²) in [5, 5.41) is 6.48. The fourth-order valence-corrected chi connectivity index (χ4v) is 2.24. The smallest absolute Gasteiger partial charge is 0.191 e. The highest BCUT2D eigenvalue weighted by molar-refractivity contribution is 14.0. The highest BCUT2D eigenvalue weighted by Crippen LogP contribution is 2.27. The molecule has 0 spiro atoms. The molecule has 1 fully saturated rings. The molecule has 1 aliphatic rings. The standard InChI is InChI=1S/C12H25N3O.HI/c1-4-13-12(14-5-2)15-9-10-7-6-8-11(10)16-3;/h10-11H,4-9H2,1-3H3,(H2,13,14,15);1H. The van der Waals surface area contributed by atoms with E-state index in [0.29, 0.717) is 12.0 Å². The maximum absolute atomic E-state index is 5.47. The van der Waals surface area contributed by atoms with E-state index in [2.05, 4.69) is 29.5 Å².